The summed E-state index contributed by atoms with van der Waals surface area (Å²) in [5, 5.41) is 17.9. The van der Waals surface area contributed by atoms with Gasteiger partial charge in [-0.2, -0.15) is 0 Å². The molecule has 1 saturated carbocycles. The van der Waals surface area contributed by atoms with Crippen molar-refractivity contribution in [2.75, 3.05) is 36.8 Å². The molecule has 0 spiro atoms. The van der Waals surface area contributed by atoms with E-state index in [9.17, 15) is 10.1 Å². The molecule has 3 rings (SSSR count). The molecular weight excluding hydrogens is 308 g/mol. The number of hydrogen-bond donors (Lipinski definition) is 2. The van der Waals surface area contributed by atoms with E-state index in [4.69, 9.17) is 0 Å². The van der Waals surface area contributed by atoms with Crippen molar-refractivity contribution in [3.8, 4) is 0 Å². The van der Waals surface area contributed by atoms with Crippen molar-refractivity contribution in [2.45, 2.75) is 51.0 Å². The van der Waals surface area contributed by atoms with Crippen LogP contribution in [0.3, 0.4) is 0 Å². The second kappa shape index (κ2) is 8.23. The second-order valence-corrected chi connectivity index (χ2v) is 6.63. The van der Waals surface area contributed by atoms with Crippen molar-refractivity contribution < 1.29 is 4.92 Å². The van der Waals surface area contributed by atoms with Crippen LogP contribution in [0.15, 0.2) is 6.33 Å². The predicted molar refractivity (Wildman–Crippen MR) is 93.3 cm³/mol. The molecule has 2 heterocycles. The molecule has 0 atom stereocenters. The number of likely N-dealkylation sites (tertiary alicyclic amines) is 1. The maximum atomic E-state index is 11.5. The Kier molecular flexibility index (Phi) is 5.79. The Morgan fingerprint density at radius 2 is 1.83 bits per heavy atom. The van der Waals surface area contributed by atoms with Gasteiger partial charge in [-0.1, -0.05) is 19.3 Å². The molecule has 8 nitrogen and oxygen atoms in total. The van der Waals surface area contributed by atoms with Crippen molar-refractivity contribution in [1.82, 2.24) is 14.9 Å². The van der Waals surface area contributed by atoms with Crippen LogP contribution in [-0.4, -0.2) is 52.0 Å². The zero-order chi connectivity index (χ0) is 16.8. The fourth-order valence-electron chi connectivity index (χ4n) is 3.57. The van der Waals surface area contributed by atoms with Crippen molar-refractivity contribution in [1.29, 1.82) is 0 Å². The quantitative estimate of drug-likeness (QED) is 0.584. The fraction of sp³-hybridized carbons (Fsp3) is 0.750. The molecule has 0 unspecified atom stereocenters. The topological polar surface area (TPSA) is 96.2 Å². The van der Waals surface area contributed by atoms with E-state index in [1.54, 1.807) is 0 Å². The maximum Gasteiger partial charge on any atom is 0.353 e. The summed E-state index contributed by atoms with van der Waals surface area (Å²) in [5.41, 5.74) is -0.0388. The zero-order valence-corrected chi connectivity index (χ0v) is 14.0. The van der Waals surface area contributed by atoms with E-state index in [1.165, 1.54) is 25.6 Å². The van der Waals surface area contributed by atoms with Crippen molar-refractivity contribution in [3.05, 3.63) is 16.4 Å². The highest BCUT2D eigenvalue weighted by Crippen LogP contribution is 2.31. The highest BCUT2D eigenvalue weighted by atomic mass is 16.6. The summed E-state index contributed by atoms with van der Waals surface area (Å²) in [7, 11) is 0. The molecule has 132 valence electrons. The first kappa shape index (κ1) is 16.9. The van der Waals surface area contributed by atoms with E-state index in [2.05, 4.69) is 25.5 Å². The predicted octanol–water partition coefficient (Wildman–Crippen LogP) is 2.64. The largest absolute Gasteiger partial charge is 0.363 e. The number of rotatable bonds is 7. The zero-order valence-electron chi connectivity index (χ0n) is 14.0. The van der Waals surface area contributed by atoms with E-state index in [1.807, 2.05) is 0 Å². The molecule has 0 amide bonds. The number of nitrogens with one attached hydrogen (secondary N) is 2. The highest BCUT2D eigenvalue weighted by molar-refractivity contribution is 5.69. The van der Waals surface area contributed by atoms with Crippen LogP contribution in [0.2, 0.25) is 0 Å². The van der Waals surface area contributed by atoms with E-state index in [0.717, 1.165) is 45.3 Å². The Hall–Kier alpha value is -1.96. The van der Waals surface area contributed by atoms with E-state index < -0.39 is 0 Å². The van der Waals surface area contributed by atoms with Crippen molar-refractivity contribution in [3.63, 3.8) is 0 Å². The molecule has 0 radical (unpaired) electrons. The maximum absolute atomic E-state index is 11.5. The Morgan fingerprint density at radius 1 is 1.12 bits per heavy atom. The molecule has 1 saturated heterocycles. The standard InChI is InChI=1S/C16H26N6O2/c23-22(24)14-15(17-8-11-21-9-4-1-5-10-21)18-12-19-16(14)20-13-6-2-3-7-13/h12-13H,1-11H2,(H2,17,18,19,20). The summed E-state index contributed by atoms with van der Waals surface area (Å²) < 4.78 is 0. The van der Waals surface area contributed by atoms with Crippen LogP contribution in [0.4, 0.5) is 17.3 Å². The smallest absolute Gasteiger partial charge is 0.353 e. The lowest BCUT2D eigenvalue weighted by Gasteiger charge is -2.26. The molecule has 1 aromatic rings. The summed E-state index contributed by atoms with van der Waals surface area (Å²) in [6, 6.07) is 0.278. The van der Waals surface area contributed by atoms with E-state index in [-0.39, 0.29) is 16.7 Å². The number of nitrogens with zero attached hydrogens (tertiary/aromatic N) is 4. The van der Waals surface area contributed by atoms with Crippen LogP contribution < -0.4 is 10.6 Å². The Balaban J connectivity index is 1.63. The highest BCUT2D eigenvalue weighted by Gasteiger charge is 2.26. The number of aromatic nitrogens is 2. The van der Waals surface area contributed by atoms with Gasteiger partial charge in [0.25, 0.3) is 0 Å². The first-order valence-electron chi connectivity index (χ1n) is 8.96. The van der Waals surface area contributed by atoms with E-state index >= 15 is 0 Å². The Labute approximate surface area is 142 Å². The summed E-state index contributed by atoms with van der Waals surface area (Å²) in [5.74, 6) is 0.648. The van der Waals surface area contributed by atoms with Crippen LogP contribution in [0, 0.1) is 10.1 Å². The third-order valence-electron chi connectivity index (χ3n) is 4.87. The minimum atomic E-state index is -0.388. The van der Waals surface area contributed by atoms with Gasteiger partial charge in [0, 0.05) is 19.1 Å². The van der Waals surface area contributed by atoms with Gasteiger partial charge >= 0.3 is 5.69 Å². The molecule has 2 N–H and O–H groups in total. The Morgan fingerprint density at radius 3 is 2.54 bits per heavy atom. The summed E-state index contributed by atoms with van der Waals surface area (Å²) in [6.45, 7) is 3.76. The molecule has 1 aliphatic carbocycles. The second-order valence-electron chi connectivity index (χ2n) is 6.63. The fourth-order valence-corrected chi connectivity index (χ4v) is 3.57. The first-order valence-corrected chi connectivity index (χ1v) is 8.96. The molecule has 0 aromatic carbocycles. The molecule has 1 aromatic heterocycles. The average molecular weight is 334 g/mol. The molecule has 1 aliphatic heterocycles. The lowest BCUT2D eigenvalue weighted by molar-refractivity contribution is -0.383. The van der Waals surface area contributed by atoms with Crippen LogP contribution in [0.25, 0.3) is 0 Å². The minimum absolute atomic E-state index is 0.0388. The lowest BCUT2D eigenvalue weighted by atomic mass is 10.1. The number of piperidine rings is 1. The lowest BCUT2D eigenvalue weighted by Crippen LogP contribution is -2.33. The first-order chi connectivity index (χ1) is 11.7. The van der Waals surface area contributed by atoms with Gasteiger partial charge in [0.15, 0.2) is 0 Å². The minimum Gasteiger partial charge on any atom is -0.363 e. The van der Waals surface area contributed by atoms with Gasteiger partial charge < -0.3 is 15.5 Å². The van der Waals surface area contributed by atoms with Gasteiger partial charge in [0.2, 0.25) is 11.6 Å². The summed E-state index contributed by atoms with van der Waals surface area (Å²) in [4.78, 5) is 21.7. The normalized spacial score (nSPS) is 19.3. The van der Waals surface area contributed by atoms with Gasteiger partial charge in [-0.25, -0.2) is 9.97 Å². The SMILES string of the molecule is O=[N+]([O-])c1c(NCCN2CCCCC2)ncnc1NC1CCCC1. The van der Waals surface area contributed by atoms with Crippen LogP contribution in [0.1, 0.15) is 44.9 Å². The van der Waals surface area contributed by atoms with Gasteiger partial charge in [-0.05, 0) is 38.8 Å². The van der Waals surface area contributed by atoms with Crippen LogP contribution >= 0.6 is 0 Å². The van der Waals surface area contributed by atoms with Crippen LogP contribution in [0.5, 0.6) is 0 Å². The molecule has 24 heavy (non-hydrogen) atoms. The average Bonchev–Trinajstić information content (AvgIpc) is 3.09. The molecule has 8 heteroatoms. The van der Waals surface area contributed by atoms with Gasteiger partial charge in [-0.3, -0.25) is 10.1 Å². The van der Waals surface area contributed by atoms with E-state index in [0.29, 0.717) is 18.2 Å². The molecular formula is C16H26N6O2. The number of hydrogen-bond acceptors (Lipinski definition) is 7. The number of nitro groups is 1. The molecule has 0 bridgehead atoms. The third kappa shape index (κ3) is 4.31. The third-order valence-corrected chi connectivity index (χ3v) is 4.87. The molecule has 2 aliphatic rings. The number of anilines is 2. The van der Waals surface area contributed by atoms with Gasteiger partial charge in [-0.15, -0.1) is 0 Å². The Bertz CT molecular complexity index is 555. The monoisotopic (exact) mass is 334 g/mol. The van der Waals surface area contributed by atoms with Crippen molar-refractivity contribution in [2.24, 2.45) is 0 Å². The summed E-state index contributed by atoms with van der Waals surface area (Å²) in [6.07, 6.45) is 9.59. The molecule has 2 fully saturated rings. The van der Waals surface area contributed by atoms with Crippen LogP contribution in [-0.2, 0) is 0 Å². The summed E-state index contributed by atoms with van der Waals surface area (Å²) >= 11 is 0. The van der Waals surface area contributed by atoms with Crippen molar-refractivity contribution >= 4 is 17.3 Å². The van der Waals surface area contributed by atoms with Gasteiger partial charge in [0.1, 0.15) is 6.33 Å². The van der Waals surface area contributed by atoms with Gasteiger partial charge in [0.05, 0.1) is 4.92 Å².